The molecule has 0 radical (unpaired) electrons. The zero-order chi connectivity index (χ0) is 19.8. The second-order valence-electron chi connectivity index (χ2n) is 6.11. The van der Waals surface area contributed by atoms with E-state index in [2.05, 4.69) is 0 Å². The lowest BCUT2D eigenvalue weighted by atomic mass is 10.1. The summed E-state index contributed by atoms with van der Waals surface area (Å²) in [7, 11) is 0. The van der Waals surface area contributed by atoms with Crippen LogP contribution in [0.3, 0.4) is 0 Å². The van der Waals surface area contributed by atoms with Crippen LogP contribution in [-0.4, -0.2) is 34.8 Å². The maximum atomic E-state index is 12.0. The summed E-state index contributed by atoms with van der Waals surface area (Å²) in [6.07, 6.45) is 0.524. The van der Waals surface area contributed by atoms with Crippen molar-refractivity contribution in [3.63, 3.8) is 0 Å². The Morgan fingerprint density at radius 2 is 1.81 bits per heavy atom. The SMILES string of the molecule is CC(CCOC(=O)[C@@H](N)Cc1ccc(O)cc1)Oc1ccc([N+](=O)[O-])cc1. The number of hydrogen-bond donors (Lipinski definition) is 2. The van der Waals surface area contributed by atoms with Gasteiger partial charge in [0, 0.05) is 18.6 Å². The molecular formula is C19H22N2O6. The first kappa shape index (κ1) is 20.2. The maximum Gasteiger partial charge on any atom is 0.323 e. The zero-order valence-electron chi connectivity index (χ0n) is 14.9. The summed E-state index contributed by atoms with van der Waals surface area (Å²) in [6.45, 7) is 1.96. The van der Waals surface area contributed by atoms with Gasteiger partial charge >= 0.3 is 5.97 Å². The summed E-state index contributed by atoms with van der Waals surface area (Å²) >= 11 is 0. The van der Waals surface area contributed by atoms with E-state index in [0.717, 1.165) is 5.56 Å². The van der Waals surface area contributed by atoms with Gasteiger partial charge in [0.25, 0.3) is 5.69 Å². The van der Waals surface area contributed by atoms with Crippen LogP contribution in [0.1, 0.15) is 18.9 Å². The molecule has 0 spiro atoms. The van der Waals surface area contributed by atoms with Crippen LogP contribution in [0.25, 0.3) is 0 Å². The van der Waals surface area contributed by atoms with Gasteiger partial charge in [0.15, 0.2) is 0 Å². The molecule has 0 aliphatic rings. The Kier molecular flexibility index (Phi) is 7.13. The van der Waals surface area contributed by atoms with Crippen molar-refractivity contribution in [3.8, 4) is 11.5 Å². The molecule has 8 nitrogen and oxygen atoms in total. The number of aromatic hydroxyl groups is 1. The molecule has 8 heteroatoms. The summed E-state index contributed by atoms with van der Waals surface area (Å²) in [4.78, 5) is 22.1. The minimum Gasteiger partial charge on any atom is -0.508 e. The molecule has 2 aromatic rings. The predicted molar refractivity (Wildman–Crippen MR) is 98.5 cm³/mol. The summed E-state index contributed by atoms with van der Waals surface area (Å²) in [5, 5.41) is 19.9. The highest BCUT2D eigenvalue weighted by Crippen LogP contribution is 2.19. The van der Waals surface area contributed by atoms with Gasteiger partial charge in [-0.15, -0.1) is 0 Å². The van der Waals surface area contributed by atoms with E-state index < -0.39 is 16.9 Å². The van der Waals surface area contributed by atoms with Crippen LogP contribution in [0.15, 0.2) is 48.5 Å². The Morgan fingerprint density at radius 3 is 2.41 bits per heavy atom. The van der Waals surface area contributed by atoms with Gasteiger partial charge in [-0.1, -0.05) is 12.1 Å². The lowest BCUT2D eigenvalue weighted by Gasteiger charge is -2.16. The highest BCUT2D eigenvalue weighted by Gasteiger charge is 2.16. The van der Waals surface area contributed by atoms with Gasteiger partial charge in [-0.05, 0) is 43.2 Å². The molecule has 0 heterocycles. The Hall–Kier alpha value is -3.13. The normalized spacial score (nSPS) is 12.8. The van der Waals surface area contributed by atoms with Crippen molar-refractivity contribution in [1.29, 1.82) is 0 Å². The topological polar surface area (TPSA) is 125 Å². The van der Waals surface area contributed by atoms with Crippen molar-refractivity contribution in [2.75, 3.05) is 6.61 Å². The number of rotatable bonds is 9. The lowest BCUT2D eigenvalue weighted by molar-refractivity contribution is -0.384. The number of nitrogens with two attached hydrogens (primary N) is 1. The predicted octanol–water partition coefficient (Wildman–Crippen LogP) is 2.57. The van der Waals surface area contributed by atoms with Gasteiger partial charge in [0.1, 0.15) is 17.5 Å². The Balaban J connectivity index is 1.71. The molecule has 144 valence electrons. The second-order valence-corrected chi connectivity index (χ2v) is 6.11. The monoisotopic (exact) mass is 374 g/mol. The van der Waals surface area contributed by atoms with Crippen LogP contribution in [0.2, 0.25) is 0 Å². The number of hydrogen-bond acceptors (Lipinski definition) is 7. The van der Waals surface area contributed by atoms with Crippen molar-refractivity contribution in [2.45, 2.75) is 31.9 Å². The van der Waals surface area contributed by atoms with Crippen molar-refractivity contribution < 1.29 is 24.3 Å². The van der Waals surface area contributed by atoms with Gasteiger partial charge in [0.2, 0.25) is 0 Å². The molecule has 0 aliphatic carbocycles. The maximum absolute atomic E-state index is 12.0. The molecule has 0 aromatic heterocycles. The Labute approximate surface area is 156 Å². The van der Waals surface area contributed by atoms with E-state index in [9.17, 15) is 20.0 Å². The van der Waals surface area contributed by atoms with E-state index in [1.54, 1.807) is 12.1 Å². The third kappa shape index (κ3) is 6.59. The van der Waals surface area contributed by atoms with Crippen LogP contribution in [-0.2, 0) is 16.0 Å². The number of nitro benzene ring substituents is 1. The molecular weight excluding hydrogens is 352 g/mol. The first-order valence-electron chi connectivity index (χ1n) is 8.46. The zero-order valence-corrected chi connectivity index (χ0v) is 14.9. The molecule has 2 aromatic carbocycles. The average Bonchev–Trinajstić information content (AvgIpc) is 2.64. The van der Waals surface area contributed by atoms with Crippen LogP contribution in [0.4, 0.5) is 5.69 Å². The number of nitrogens with zero attached hydrogens (tertiary/aromatic N) is 1. The molecule has 0 bridgehead atoms. The largest absolute Gasteiger partial charge is 0.508 e. The first-order chi connectivity index (χ1) is 12.8. The highest BCUT2D eigenvalue weighted by atomic mass is 16.6. The Morgan fingerprint density at radius 1 is 1.19 bits per heavy atom. The van der Waals surface area contributed by atoms with Crippen LogP contribution in [0.5, 0.6) is 11.5 Å². The Bertz CT molecular complexity index is 761. The third-order valence-corrected chi connectivity index (χ3v) is 3.85. The molecule has 0 amide bonds. The van der Waals surface area contributed by atoms with Crippen LogP contribution < -0.4 is 10.5 Å². The van der Waals surface area contributed by atoms with Gasteiger partial charge < -0.3 is 20.3 Å². The van der Waals surface area contributed by atoms with Crippen molar-refractivity contribution in [2.24, 2.45) is 5.73 Å². The third-order valence-electron chi connectivity index (χ3n) is 3.85. The molecule has 0 saturated heterocycles. The second kappa shape index (κ2) is 9.54. The summed E-state index contributed by atoms with van der Waals surface area (Å²) < 4.78 is 10.8. The minimum absolute atomic E-state index is 0.00782. The molecule has 0 aliphatic heterocycles. The molecule has 1 unspecified atom stereocenters. The standard InChI is InChI=1S/C19H22N2O6/c1-13(27-17-8-4-15(5-9-17)21(24)25)10-11-26-19(23)18(20)12-14-2-6-16(22)7-3-14/h2-9,13,18,22H,10-12,20H2,1H3/t13?,18-/m0/s1. The average molecular weight is 374 g/mol. The van der Waals surface area contributed by atoms with Crippen molar-refractivity contribution in [3.05, 3.63) is 64.2 Å². The molecule has 27 heavy (non-hydrogen) atoms. The van der Waals surface area contributed by atoms with Gasteiger partial charge in [-0.3, -0.25) is 14.9 Å². The first-order valence-corrected chi connectivity index (χ1v) is 8.46. The molecule has 0 saturated carbocycles. The van der Waals surface area contributed by atoms with E-state index in [0.29, 0.717) is 18.6 Å². The summed E-state index contributed by atoms with van der Waals surface area (Å²) in [6, 6.07) is 11.4. The fourth-order valence-electron chi connectivity index (χ4n) is 2.34. The van der Waals surface area contributed by atoms with Gasteiger partial charge in [0.05, 0.1) is 17.6 Å². The number of phenols is 1. The minimum atomic E-state index is -0.791. The number of phenolic OH excluding ortho intramolecular Hbond substituents is 1. The fraction of sp³-hybridized carbons (Fsp3) is 0.316. The van der Waals surface area contributed by atoms with Gasteiger partial charge in [-0.2, -0.15) is 0 Å². The van der Waals surface area contributed by atoms with Crippen LogP contribution in [0, 0.1) is 10.1 Å². The number of carbonyl (C=O) groups is 1. The number of non-ortho nitro benzene ring substituents is 1. The molecule has 0 fully saturated rings. The quantitative estimate of drug-likeness (QED) is 0.392. The molecule has 2 rings (SSSR count). The van der Waals surface area contributed by atoms with Gasteiger partial charge in [-0.25, -0.2) is 0 Å². The lowest BCUT2D eigenvalue weighted by Crippen LogP contribution is -2.35. The number of nitro groups is 1. The van der Waals surface area contributed by atoms with E-state index in [-0.39, 0.29) is 24.1 Å². The molecule has 3 N–H and O–H groups in total. The number of ether oxygens (including phenoxy) is 2. The van der Waals surface area contributed by atoms with E-state index in [1.807, 2.05) is 6.92 Å². The van der Waals surface area contributed by atoms with Crippen molar-refractivity contribution >= 4 is 11.7 Å². The molecule has 2 atom stereocenters. The summed E-state index contributed by atoms with van der Waals surface area (Å²) in [5.41, 5.74) is 6.66. The highest BCUT2D eigenvalue weighted by molar-refractivity contribution is 5.75. The van der Waals surface area contributed by atoms with Crippen molar-refractivity contribution in [1.82, 2.24) is 0 Å². The van der Waals surface area contributed by atoms with E-state index in [4.69, 9.17) is 15.2 Å². The number of esters is 1. The number of benzene rings is 2. The van der Waals surface area contributed by atoms with E-state index in [1.165, 1.54) is 36.4 Å². The smallest absolute Gasteiger partial charge is 0.323 e. The fourth-order valence-corrected chi connectivity index (χ4v) is 2.34. The number of carbonyl (C=O) groups excluding carboxylic acids is 1. The van der Waals surface area contributed by atoms with Crippen LogP contribution >= 0.6 is 0 Å². The van der Waals surface area contributed by atoms with E-state index >= 15 is 0 Å². The summed E-state index contributed by atoms with van der Waals surface area (Å²) in [5.74, 6) is 0.144.